The van der Waals surface area contributed by atoms with Gasteiger partial charge in [-0.15, -0.1) is 0 Å². The van der Waals surface area contributed by atoms with E-state index in [0.717, 1.165) is 38.5 Å². The number of fused-ring (bicyclic) bond motifs is 5. The van der Waals surface area contributed by atoms with Gasteiger partial charge in [-0.3, -0.25) is 4.79 Å². The molecule has 0 amide bonds. The molecule has 3 fully saturated rings. The van der Waals surface area contributed by atoms with E-state index in [9.17, 15) is 19.8 Å². The highest BCUT2D eigenvalue weighted by atomic mass is 16.5. The van der Waals surface area contributed by atoms with Crippen molar-refractivity contribution in [3.05, 3.63) is 11.6 Å². The molecule has 162 valence electrons. The van der Waals surface area contributed by atoms with Gasteiger partial charge in [-0.2, -0.15) is 0 Å². The number of hydrogen-bond acceptors (Lipinski definition) is 4. The third-order valence-corrected chi connectivity index (χ3v) is 9.21. The summed E-state index contributed by atoms with van der Waals surface area (Å²) in [6.07, 6.45) is 8.11. The third kappa shape index (κ3) is 2.87. The number of carboxylic acid groups (broad SMARTS) is 1. The van der Waals surface area contributed by atoms with Gasteiger partial charge in [-0.1, -0.05) is 32.8 Å². The molecule has 0 aromatic heterocycles. The number of rotatable bonds is 5. The van der Waals surface area contributed by atoms with E-state index in [1.165, 1.54) is 5.57 Å². The summed E-state index contributed by atoms with van der Waals surface area (Å²) in [4.78, 5) is 24.5. The Hall–Kier alpha value is -1.20. The number of carboxylic acids is 1. The lowest BCUT2D eigenvalue weighted by Gasteiger charge is -2.60. The van der Waals surface area contributed by atoms with Gasteiger partial charge in [0.1, 0.15) is 0 Å². The number of aliphatic hydroxyl groups is 1. The number of carbonyl (C=O) groups excluding carboxylic acids is 1. The van der Waals surface area contributed by atoms with Gasteiger partial charge < -0.3 is 14.9 Å². The topological polar surface area (TPSA) is 83.8 Å². The highest BCUT2D eigenvalue weighted by Gasteiger charge is 2.69. The van der Waals surface area contributed by atoms with E-state index in [1.54, 1.807) is 0 Å². The molecule has 4 rings (SSSR count). The number of carbonyl (C=O) groups is 2. The van der Waals surface area contributed by atoms with Crippen LogP contribution in [0.15, 0.2) is 11.6 Å². The first-order chi connectivity index (χ1) is 13.7. The van der Waals surface area contributed by atoms with Gasteiger partial charge in [0.15, 0.2) is 11.4 Å². The van der Waals surface area contributed by atoms with Crippen LogP contribution in [-0.2, 0) is 14.3 Å². The summed E-state index contributed by atoms with van der Waals surface area (Å²) < 4.78 is 6.17. The Kier molecular flexibility index (Phi) is 5.22. The van der Waals surface area contributed by atoms with Crippen molar-refractivity contribution in [1.82, 2.24) is 0 Å². The maximum atomic E-state index is 12.5. The standard InChI is InChI=1S/C24H36O5/c1-4-5-12-29-24(21(27)28)11-9-18-17-7-6-15-13-16(25)8-10-22(15,2)20(17)19(26)14-23(18,24)3/h13,17-20,26H,4-12,14H2,1-3H3,(H,27,28)/t17-,18-,19?,20-,22-,23-,24?/m0/s1. The lowest BCUT2D eigenvalue weighted by Crippen LogP contribution is -2.62. The van der Waals surface area contributed by atoms with Gasteiger partial charge in [0.25, 0.3) is 0 Å². The lowest BCUT2D eigenvalue weighted by atomic mass is 9.45. The Balaban J connectivity index is 1.69. The molecular formula is C24H36O5. The molecule has 0 aromatic carbocycles. The van der Waals surface area contributed by atoms with Crippen LogP contribution in [0.25, 0.3) is 0 Å². The first kappa shape index (κ1) is 21.0. The minimum Gasteiger partial charge on any atom is -0.479 e. The number of unbranched alkanes of at least 4 members (excludes halogenated alkanes) is 1. The molecule has 4 aliphatic carbocycles. The molecule has 0 spiro atoms. The Labute approximate surface area is 173 Å². The smallest absolute Gasteiger partial charge is 0.336 e. The van der Waals surface area contributed by atoms with Crippen molar-refractivity contribution in [2.45, 2.75) is 90.3 Å². The first-order valence-corrected chi connectivity index (χ1v) is 11.5. The highest BCUT2D eigenvalue weighted by molar-refractivity contribution is 5.91. The maximum Gasteiger partial charge on any atom is 0.336 e. The molecule has 2 unspecified atom stereocenters. The second-order valence-corrected chi connectivity index (χ2v) is 10.4. The molecular weight excluding hydrogens is 368 g/mol. The zero-order chi connectivity index (χ0) is 21.0. The van der Waals surface area contributed by atoms with E-state index in [2.05, 4.69) is 20.8 Å². The summed E-state index contributed by atoms with van der Waals surface area (Å²) in [7, 11) is 0. The Morgan fingerprint density at radius 3 is 2.69 bits per heavy atom. The number of allylic oxidation sites excluding steroid dienone is 1. The Morgan fingerprint density at radius 1 is 1.24 bits per heavy atom. The summed E-state index contributed by atoms with van der Waals surface area (Å²) >= 11 is 0. The Bertz CT molecular complexity index is 729. The van der Waals surface area contributed by atoms with E-state index in [0.29, 0.717) is 25.9 Å². The van der Waals surface area contributed by atoms with E-state index < -0.39 is 23.1 Å². The molecule has 0 aromatic rings. The van der Waals surface area contributed by atoms with Crippen molar-refractivity contribution in [1.29, 1.82) is 0 Å². The molecule has 7 atom stereocenters. The van der Waals surface area contributed by atoms with E-state index >= 15 is 0 Å². The molecule has 0 aliphatic heterocycles. The zero-order valence-corrected chi connectivity index (χ0v) is 18.1. The highest BCUT2D eigenvalue weighted by Crippen LogP contribution is 2.68. The summed E-state index contributed by atoms with van der Waals surface area (Å²) in [5.41, 5.74) is -0.692. The average molecular weight is 405 g/mol. The van der Waals surface area contributed by atoms with Crippen LogP contribution in [0.1, 0.15) is 78.6 Å². The minimum absolute atomic E-state index is 0.105. The molecule has 29 heavy (non-hydrogen) atoms. The van der Waals surface area contributed by atoms with Crippen molar-refractivity contribution >= 4 is 11.8 Å². The summed E-state index contributed by atoms with van der Waals surface area (Å²) in [6.45, 7) is 6.82. The summed E-state index contributed by atoms with van der Waals surface area (Å²) in [5, 5.41) is 21.7. The minimum atomic E-state index is -1.20. The predicted molar refractivity (Wildman–Crippen MR) is 109 cm³/mol. The summed E-state index contributed by atoms with van der Waals surface area (Å²) in [6, 6.07) is 0. The monoisotopic (exact) mass is 404 g/mol. The van der Waals surface area contributed by atoms with Crippen molar-refractivity contribution in [3.8, 4) is 0 Å². The molecule has 5 heteroatoms. The molecule has 0 radical (unpaired) electrons. The predicted octanol–water partition coefficient (Wildman–Crippen LogP) is 4.13. The summed E-state index contributed by atoms with van der Waals surface area (Å²) in [5.74, 6) is -0.0232. The fraction of sp³-hybridized carbons (Fsp3) is 0.833. The van der Waals surface area contributed by atoms with E-state index in [1.807, 2.05) is 6.08 Å². The quantitative estimate of drug-likeness (QED) is 0.673. The van der Waals surface area contributed by atoms with Crippen LogP contribution in [-0.4, -0.2) is 40.3 Å². The van der Waals surface area contributed by atoms with Crippen molar-refractivity contribution in [2.75, 3.05) is 6.61 Å². The van der Waals surface area contributed by atoms with Crippen LogP contribution in [0.2, 0.25) is 0 Å². The Morgan fingerprint density at radius 2 is 2.00 bits per heavy atom. The molecule has 4 aliphatic rings. The molecule has 3 saturated carbocycles. The second kappa shape index (κ2) is 7.19. The van der Waals surface area contributed by atoms with Crippen LogP contribution in [0, 0.1) is 28.6 Å². The van der Waals surface area contributed by atoms with Crippen molar-refractivity contribution in [2.24, 2.45) is 28.6 Å². The fourth-order valence-electron chi connectivity index (χ4n) is 7.72. The molecule has 2 N–H and O–H groups in total. The third-order valence-electron chi connectivity index (χ3n) is 9.21. The lowest BCUT2D eigenvalue weighted by molar-refractivity contribution is -0.208. The normalized spacial score (nSPS) is 46.5. The van der Waals surface area contributed by atoms with Crippen LogP contribution in [0.5, 0.6) is 0 Å². The SMILES string of the molecule is CCCCOC1(C(=O)O)CC[C@H]2[C@@H]3CCC4=CC(=O)CC[C@]4(C)[C@@H]3C(O)C[C@@]21C. The second-order valence-electron chi connectivity index (χ2n) is 10.4. The van der Waals surface area contributed by atoms with Gasteiger partial charge in [-0.05, 0) is 74.2 Å². The van der Waals surface area contributed by atoms with Crippen molar-refractivity contribution < 1.29 is 24.5 Å². The van der Waals surface area contributed by atoms with Crippen LogP contribution in [0.3, 0.4) is 0 Å². The molecule has 0 bridgehead atoms. The zero-order valence-electron chi connectivity index (χ0n) is 18.1. The molecule has 0 heterocycles. The number of aliphatic carboxylic acids is 1. The van der Waals surface area contributed by atoms with E-state index in [-0.39, 0.29) is 29.0 Å². The van der Waals surface area contributed by atoms with Crippen LogP contribution < -0.4 is 0 Å². The average Bonchev–Trinajstić information content (AvgIpc) is 2.95. The number of hydrogen-bond donors (Lipinski definition) is 2. The van der Waals surface area contributed by atoms with Gasteiger partial charge >= 0.3 is 5.97 Å². The van der Waals surface area contributed by atoms with E-state index in [4.69, 9.17) is 4.74 Å². The first-order valence-electron chi connectivity index (χ1n) is 11.5. The van der Waals surface area contributed by atoms with Crippen LogP contribution >= 0.6 is 0 Å². The molecule has 0 saturated heterocycles. The van der Waals surface area contributed by atoms with Crippen LogP contribution in [0.4, 0.5) is 0 Å². The fourth-order valence-corrected chi connectivity index (χ4v) is 7.72. The van der Waals surface area contributed by atoms with Gasteiger partial charge in [0.2, 0.25) is 0 Å². The number of ketones is 1. The maximum absolute atomic E-state index is 12.5. The van der Waals surface area contributed by atoms with Gasteiger partial charge in [0, 0.05) is 18.4 Å². The van der Waals surface area contributed by atoms with Gasteiger partial charge in [-0.25, -0.2) is 4.79 Å². The number of aliphatic hydroxyl groups excluding tert-OH is 1. The molecule has 5 nitrogen and oxygen atoms in total. The largest absolute Gasteiger partial charge is 0.479 e. The number of ether oxygens (including phenoxy) is 1. The van der Waals surface area contributed by atoms with Gasteiger partial charge in [0.05, 0.1) is 6.10 Å². The van der Waals surface area contributed by atoms with Crippen molar-refractivity contribution in [3.63, 3.8) is 0 Å².